The molecule has 2 rings (SSSR count). The van der Waals surface area contributed by atoms with Crippen molar-refractivity contribution < 1.29 is 5.11 Å². The van der Waals surface area contributed by atoms with Gasteiger partial charge in [0, 0.05) is 49.8 Å². The van der Waals surface area contributed by atoms with Gasteiger partial charge in [0.25, 0.3) is 0 Å². The van der Waals surface area contributed by atoms with Crippen LogP contribution in [-0.4, -0.2) is 58.7 Å². The average Bonchev–Trinajstić information content (AvgIpc) is 2.68. The summed E-state index contributed by atoms with van der Waals surface area (Å²) in [5, 5.41) is 9.61. The lowest BCUT2D eigenvalue weighted by Gasteiger charge is -2.39. The van der Waals surface area contributed by atoms with Gasteiger partial charge in [0.05, 0.1) is 6.61 Å². The maximum absolute atomic E-state index is 8.96. The largest absolute Gasteiger partial charge is 0.395 e. The Morgan fingerprint density at radius 3 is 3.00 bits per heavy atom. The number of aliphatic hydroxyl groups excluding tert-OH is 1. The Hall–Kier alpha value is -0.690. The molecule has 1 fully saturated rings. The molecule has 0 amide bonds. The second kappa shape index (κ2) is 5.77. The van der Waals surface area contributed by atoms with Crippen molar-refractivity contribution >= 4 is 16.5 Å². The number of rotatable bonds is 4. The molecule has 0 saturated carbocycles. The summed E-state index contributed by atoms with van der Waals surface area (Å²) in [6, 6.07) is 0.501. The zero-order valence-corrected chi connectivity index (χ0v) is 11.0. The number of nitrogen functional groups attached to an aromatic ring is 1. The van der Waals surface area contributed by atoms with E-state index in [1.807, 2.05) is 6.20 Å². The molecule has 1 atom stereocenters. The molecule has 0 aromatic carbocycles. The van der Waals surface area contributed by atoms with E-state index in [2.05, 4.69) is 21.7 Å². The van der Waals surface area contributed by atoms with E-state index in [0.29, 0.717) is 11.2 Å². The zero-order chi connectivity index (χ0) is 12.3. The second-order valence-corrected chi connectivity index (χ2v) is 5.66. The molecular weight excluding hydrogens is 236 g/mol. The molecule has 0 aliphatic carbocycles. The molecule has 0 bridgehead atoms. The van der Waals surface area contributed by atoms with Gasteiger partial charge in [0.2, 0.25) is 0 Å². The highest BCUT2D eigenvalue weighted by atomic mass is 32.1. The molecule has 0 spiro atoms. The fourth-order valence-corrected chi connectivity index (χ4v) is 3.02. The molecule has 1 aliphatic heterocycles. The highest BCUT2D eigenvalue weighted by Crippen LogP contribution is 2.18. The number of nitrogens with two attached hydrogens (primary N) is 1. The number of anilines is 1. The fourth-order valence-electron chi connectivity index (χ4n) is 2.29. The van der Waals surface area contributed by atoms with E-state index in [1.165, 1.54) is 4.88 Å². The van der Waals surface area contributed by atoms with E-state index in [1.54, 1.807) is 11.3 Å². The highest BCUT2D eigenvalue weighted by Gasteiger charge is 2.23. The smallest absolute Gasteiger partial charge is 0.180 e. The minimum absolute atomic E-state index is 0.246. The topological polar surface area (TPSA) is 65.6 Å². The highest BCUT2D eigenvalue weighted by molar-refractivity contribution is 7.15. The molecule has 1 aliphatic rings. The van der Waals surface area contributed by atoms with Crippen molar-refractivity contribution in [2.45, 2.75) is 19.5 Å². The van der Waals surface area contributed by atoms with Gasteiger partial charge in [0.1, 0.15) is 0 Å². The second-order valence-electron chi connectivity index (χ2n) is 4.51. The minimum Gasteiger partial charge on any atom is -0.395 e. The van der Waals surface area contributed by atoms with Crippen LogP contribution in [0.15, 0.2) is 6.20 Å². The van der Waals surface area contributed by atoms with Crippen molar-refractivity contribution in [1.82, 2.24) is 14.8 Å². The lowest BCUT2D eigenvalue weighted by molar-refractivity contribution is 0.0652. The van der Waals surface area contributed by atoms with Crippen LogP contribution >= 0.6 is 11.3 Å². The van der Waals surface area contributed by atoms with E-state index in [9.17, 15) is 0 Å². The molecule has 5 nitrogen and oxygen atoms in total. The molecule has 1 aromatic rings. The summed E-state index contributed by atoms with van der Waals surface area (Å²) in [7, 11) is 0. The molecular formula is C11H20N4OS. The Bertz CT molecular complexity index is 357. The Morgan fingerprint density at radius 1 is 1.59 bits per heavy atom. The first-order valence-electron chi connectivity index (χ1n) is 5.96. The first-order chi connectivity index (χ1) is 8.19. The van der Waals surface area contributed by atoms with Gasteiger partial charge in [-0.05, 0) is 6.92 Å². The normalized spacial score (nSPS) is 23.1. The summed E-state index contributed by atoms with van der Waals surface area (Å²) in [6.07, 6.45) is 1.87. The summed E-state index contributed by atoms with van der Waals surface area (Å²) in [4.78, 5) is 10.1. The van der Waals surface area contributed by atoms with Crippen molar-refractivity contribution in [3.05, 3.63) is 11.1 Å². The molecule has 0 radical (unpaired) electrons. The van der Waals surface area contributed by atoms with Crippen molar-refractivity contribution in [1.29, 1.82) is 0 Å². The van der Waals surface area contributed by atoms with Crippen molar-refractivity contribution in [3.8, 4) is 0 Å². The Balaban J connectivity index is 1.85. The summed E-state index contributed by atoms with van der Waals surface area (Å²) < 4.78 is 0. The van der Waals surface area contributed by atoms with Crippen LogP contribution in [0, 0.1) is 0 Å². The summed E-state index contributed by atoms with van der Waals surface area (Å²) in [5.41, 5.74) is 5.63. The van der Waals surface area contributed by atoms with Gasteiger partial charge in [-0.3, -0.25) is 9.80 Å². The van der Waals surface area contributed by atoms with E-state index in [4.69, 9.17) is 10.8 Å². The molecule has 2 heterocycles. The summed E-state index contributed by atoms with van der Waals surface area (Å²) in [6.45, 7) is 7.28. The third-order valence-electron chi connectivity index (χ3n) is 3.19. The number of piperazine rings is 1. The summed E-state index contributed by atoms with van der Waals surface area (Å²) >= 11 is 1.57. The quantitative estimate of drug-likeness (QED) is 0.807. The minimum atomic E-state index is 0.246. The SMILES string of the molecule is CC1CN(Cc2cnc(N)s2)CCN1CCO. The third-order valence-corrected chi connectivity index (χ3v) is 4.00. The molecule has 1 saturated heterocycles. The van der Waals surface area contributed by atoms with Crippen LogP contribution in [0.5, 0.6) is 0 Å². The van der Waals surface area contributed by atoms with Crippen molar-refractivity contribution in [2.24, 2.45) is 0 Å². The Labute approximate surface area is 106 Å². The van der Waals surface area contributed by atoms with Crippen molar-refractivity contribution in [2.75, 3.05) is 38.5 Å². The lowest BCUT2D eigenvalue weighted by atomic mass is 10.2. The monoisotopic (exact) mass is 256 g/mol. The standard InChI is InChI=1S/C11H20N4OS/c1-9-7-14(2-3-15(9)4-5-16)8-10-6-13-11(12)17-10/h6,9,16H,2-5,7-8H2,1H3,(H2,12,13). The predicted molar refractivity (Wildman–Crippen MR) is 69.9 cm³/mol. The number of thiazole rings is 1. The maximum atomic E-state index is 8.96. The van der Waals surface area contributed by atoms with Gasteiger partial charge in [-0.2, -0.15) is 0 Å². The van der Waals surface area contributed by atoms with Crippen LogP contribution in [0.25, 0.3) is 0 Å². The molecule has 96 valence electrons. The molecule has 1 unspecified atom stereocenters. The number of β-amino-alcohol motifs (C(OH)–C–C–N with tert-alkyl or cyclic N) is 1. The van der Waals surface area contributed by atoms with Crippen LogP contribution in [-0.2, 0) is 6.54 Å². The number of nitrogens with zero attached hydrogens (tertiary/aromatic N) is 3. The van der Waals surface area contributed by atoms with E-state index in [0.717, 1.165) is 32.7 Å². The van der Waals surface area contributed by atoms with Crippen LogP contribution in [0.3, 0.4) is 0 Å². The molecule has 17 heavy (non-hydrogen) atoms. The zero-order valence-electron chi connectivity index (χ0n) is 10.2. The van der Waals surface area contributed by atoms with Gasteiger partial charge < -0.3 is 10.8 Å². The van der Waals surface area contributed by atoms with E-state index >= 15 is 0 Å². The number of aliphatic hydroxyl groups is 1. The van der Waals surface area contributed by atoms with Crippen LogP contribution in [0.1, 0.15) is 11.8 Å². The molecule has 6 heteroatoms. The van der Waals surface area contributed by atoms with Crippen LogP contribution in [0.2, 0.25) is 0 Å². The first-order valence-corrected chi connectivity index (χ1v) is 6.78. The van der Waals surface area contributed by atoms with Gasteiger partial charge in [-0.1, -0.05) is 0 Å². The third kappa shape index (κ3) is 3.38. The number of hydrogen-bond donors (Lipinski definition) is 2. The Kier molecular flexibility index (Phi) is 4.33. The maximum Gasteiger partial charge on any atom is 0.180 e. The molecule has 3 N–H and O–H groups in total. The lowest BCUT2D eigenvalue weighted by Crippen LogP contribution is -2.52. The number of aromatic nitrogens is 1. The van der Waals surface area contributed by atoms with Crippen LogP contribution in [0.4, 0.5) is 5.13 Å². The van der Waals surface area contributed by atoms with Gasteiger partial charge in [0.15, 0.2) is 5.13 Å². The fraction of sp³-hybridized carbons (Fsp3) is 0.727. The van der Waals surface area contributed by atoms with Crippen LogP contribution < -0.4 is 5.73 Å². The predicted octanol–water partition coefficient (Wildman–Crippen LogP) is 0.224. The first kappa shape index (κ1) is 12.8. The van der Waals surface area contributed by atoms with Crippen molar-refractivity contribution in [3.63, 3.8) is 0 Å². The average molecular weight is 256 g/mol. The van der Waals surface area contributed by atoms with Gasteiger partial charge in [-0.15, -0.1) is 11.3 Å². The Morgan fingerprint density at radius 2 is 2.41 bits per heavy atom. The number of hydrogen-bond acceptors (Lipinski definition) is 6. The van der Waals surface area contributed by atoms with Gasteiger partial charge in [-0.25, -0.2) is 4.98 Å². The summed E-state index contributed by atoms with van der Waals surface area (Å²) in [5.74, 6) is 0. The van der Waals surface area contributed by atoms with Gasteiger partial charge >= 0.3 is 0 Å². The van der Waals surface area contributed by atoms with E-state index < -0.39 is 0 Å². The molecule has 1 aromatic heterocycles. The van der Waals surface area contributed by atoms with E-state index in [-0.39, 0.29) is 6.61 Å².